The average molecular weight is 422 g/mol. The summed E-state index contributed by atoms with van der Waals surface area (Å²) in [7, 11) is 0. The van der Waals surface area contributed by atoms with Crippen molar-refractivity contribution < 1.29 is 9.59 Å². The number of carbonyl (C=O) groups is 2. The number of benzene rings is 2. The highest BCUT2D eigenvalue weighted by molar-refractivity contribution is 5.99. The smallest absolute Gasteiger partial charge is 0.220 e. The van der Waals surface area contributed by atoms with Crippen LogP contribution in [-0.4, -0.2) is 55.9 Å². The Hall–Kier alpha value is -2.66. The molecule has 1 amide bonds. The molecule has 2 aromatic rings. The summed E-state index contributed by atoms with van der Waals surface area (Å²) in [5, 5.41) is 2.97. The molecule has 0 unspecified atom stereocenters. The number of rotatable bonds is 9. The molecule has 3 rings (SSSR count). The molecule has 166 valence electrons. The normalized spacial score (nSPS) is 14.5. The molecule has 0 saturated carbocycles. The Morgan fingerprint density at radius 1 is 0.903 bits per heavy atom. The number of nitrogens with one attached hydrogen (secondary N) is 1. The Morgan fingerprint density at radius 2 is 1.65 bits per heavy atom. The van der Waals surface area contributed by atoms with Gasteiger partial charge < -0.3 is 10.2 Å². The van der Waals surface area contributed by atoms with Crippen LogP contribution in [-0.2, 0) is 4.79 Å². The number of Topliss-reactive ketones (excluding diaryl/α,β-unsaturated/α-hetero) is 1. The van der Waals surface area contributed by atoms with Crippen LogP contribution in [0.5, 0.6) is 0 Å². The zero-order chi connectivity index (χ0) is 22.2. The van der Waals surface area contributed by atoms with E-state index < -0.39 is 0 Å². The quantitative estimate of drug-likeness (QED) is 0.493. The minimum atomic E-state index is -0.0390. The van der Waals surface area contributed by atoms with Crippen molar-refractivity contribution >= 4 is 17.4 Å². The van der Waals surface area contributed by atoms with Gasteiger partial charge in [-0.05, 0) is 63.1 Å². The highest BCUT2D eigenvalue weighted by Gasteiger charge is 2.17. The number of ketones is 1. The fourth-order valence-electron chi connectivity index (χ4n) is 4.07. The molecule has 5 heteroatoms. The van der Waals surface area contributed by atoms with Crippen LogP contribution in [0.15, 0.2) is 42.5 Å². The number of aryl methyl sites for hydroxylation is 3. The van der Waals surface area contributed by atoms with Gasteiger partial charge >= 0.3 is 0 Å². The molecule has 2 aromatic carbocycles. The fourth-order valence-corrected chi connectivity index (χ4v) is 4.07. The summed E-state index contributed by atoms with van der Waals surface area (Å²) in [6.45, 7) is 11.9. The van der Waals surface area contributed by atoms with Gasteiger partial charge in [0.1, 0.15) is 0 Å². The zero-order valence-electron chi connectivity index (χ0n) is 19.1. The molecule has 1 fully saturated rings. The van der Waals surface area contributed by atoms with Crippen molar-refractivity contribution in [3.8, 4) is 0 Å². The Bertz CT molecular complexity index is 901. The third kappa shape index (κ3) is 6.93. The van der Waals surface area contributed by atoms with E-state index in [0.29, 0.717) is 6.54 Å². The molecule has 31 heavy (non-hydrogen) atoms. The van der Waals surface area contributed by atoms with Crippen LogP contribution in [0.2, 0.25) is 0 Å². The third-order valence-electron chi connectivity index (χ3n) is 5.98. The van der Waals surface area contributed by atoms with Gasteiger partial charge in [-0.3, -0.25) is 14.5 Å². The van der Waals surface area contributed by atoms with Gasteiger partial charge in [0.25, 0.3) is 0 Å². The summed E-state index contributed by atoms with van der Waals surface area (Å²) in [6, 6.07) is 14.6. The van der Waals surface area contributed by atoms with Gasteiger partial charge in [-0.1, -0.05) is 29.8 Å². The van der Waals surface area contributed by atoms with E-state index in [4.69, 9.17) is 0 Å². The first kappa shape index (κ1) is 23.0. The minimum Gasteiger partial charge on any atom is -0.369 e. The van der Waals surface area contributed by atoms with Gasteiger partial charge in [-0.25, -0.2) is 0 Å². The lowest BCUT2D eigenvalue weighted by atomic mass is 9.99. The number of piperazine rings is 1. The second-order valence-corrected chi connectivity index (χ2v) is 8.61. The number of amides is 1. The third-order valence-corrected chi connectivity index (χ3v) is 5.98. The van der Waals surface area contributed by atoms with Crippen molar-refractivity contribution in [2.45, 2.75) is 40.0 Å². The van der Waals surface area contributed by atoms with Crippen molar-refractivity contribution in [1.82, 2.24) is 10.2 Å². The van der Waals surface area contributed by atoms with E-state index in [1.807, 2.05) is 32.0 Å². The van der Waals surface area contributed by atoms with Crippen molar-refractivity contribution in [2.75, 3.05) is 44.2 Å². The molecule has 0 bridgehead atoms. The Kier molecular flexibility index (Phi) is 8.24. The van der Waals surface area contributed by atoms with Gasteiger partial charge in [0, 0.05) is 56.8 Å². The fraction of sp³-hybridized carbons (Fsp3) is 0.462. The molecule has 1 aliphatic rings. The van der Waals surface area contributed by atoms with Gasteiger partial charge in [0.2, 0.25) is 5.91 Å². The predicted molar refractivity (Wildman–Crippen MR) is 127 cm³/mol. The molecule has 1 aliphatic heterocycles. The summed E-state index contributed by atoms with van der Waals surface area (Å²) in [6.07, 6.45) is 1.44. The summed E-state index contributed by atoms with van der Waals surface area (Å²) in [5.41, 5.74) is 5.38. The zero-order valence-corrected chi connectivity index (χ0v) is 19.1. The predicted octanol–water partition coefficient (Wildman–Crippen LogP) is 3.90. The number of nitrogens with zero attached hydrogens (tertiary/aromatic N) is 2. The lowest BCUT2D eigenvalue weighted by Crippen LogP contribution is -2.47. The molecule has 0 radical (unpaired) electrons. The van der Waals surface area contributed by atoms with Gasteiger partial charge in [0.05, 0.1) is 0 Å². The number of hydrogen-bond donors (Lipinski definition) is 1. The molecule has 1 N–H and O–H groups in total. The number of carbonyl (C=O) groups excluding carboxylic acids is 2. The van der Waals surface area contributed by atoms with E-state index in [-0.39, 0.29) is 24.5 Å². The largest absolute Gasteiger partial charge is 0.369 e. The van der Waals surface area contributed by atoms with E-state index in [1.165, 1.54) is 11.3 Å². The number of anilines is 1. The van der Waals surface area contributed by atoms with Crippen LogP contribution in [0.3, 0.4) is 0 Å². The summed E-state index contributed by atoms with van der Waals surface area (Å²) < 4.78 is 0. The lowest BCUT2D eigenvalue weighted by Gasteiger charge is -2.36. The standard InChI is InChI=1S/C26H35N3O2/c1-20-6-4-7-23(18-20)29-16-14-28(15-17-29)13-5-12-27-26(31)11-10-25(30)24-19-21(2)8-9-22(24)3/h4,6-9,18-19H,5,10-17H2,1-3H3,(H,27,31). The van der Waals surface area contributed by atoms with Crippen LogP contribution in [0.1, 0.15) is 46.3 Å². The Balaban J connectivity index is 1.30. The highest BCUT2D eigenvalue weighted by Crippen LogP contribution is 2.18. The van der Waals surface area contributed by atoms with Crippen LogP contribution in [0.4, 0.5) is 5.69 Å². The van der Waals surface area contributed by atoms with Crippen LogP contribution >= 0.6 is 0 Å². The van der Waals surface area contributed by atoms with Gasteiger partial charge in [-0.15, -0.1) is 0 Å². The monoisotopic (exact) mass is 421 g/mol. The van der Waals surface area contributed by atoms with Crippen molar-refractivity contribution in [1.29, 1.82) is 0 Å². The van der Waals surface area contributed by atoms with E-state index >= 15 is 0 Å². The van der Waals surface area contributed by atoms with E-state index in [0.717, 1.165) is 55.8 Å². The minimum absolute atomic E-state index is 0.0390. The molecule has 0 atom stereocenters. The van der Waals surface area contributed by atoms with E-state index in [9.17, 15) is 9.59 Å². The van der Waals surface area contributed by atoms with E-state index in [1.54, 1.807) is 0 Å². The first-order valence-electron chi connectivity index (χ1n) is 11.3. The van der Waals surface area contributed by atoms with E-state index in [2.05, 4.69) is 46.3 Å². The maximum Gasteiger partial charge on any atom is 0.220 e. The number of hydrogen-bond acceptors (Lipinski definition) is 4. The molecule has 0 aliphatic carbocycles. The molecule has 1 heterocycles. The Morgan fingerprint density at radius 3 is 2.39 bits per heavy atom. The maximum atomic E-state index is 12.4. The molecule has 1 saturated heterocycles. The average Bonchev–Trinajstić information content (AvgIpc) is 2.77. The summed E-state index contributed by atoms with van der Waals surface area (Å²) >= 11 is 0. The van der Waals surface area contributed by atoms with Crippen LogP contribution in [0.25, 0.3) is 0 Å². The second kappa shape index (κ2) is 11.1. The van der Waals surface area contributed by atoms with Crippen molar-refractivity contribution in [3.05, 3.63) is 64.7 Å². The topological polar surface area (TPSA) is 52.6 Å². The summed E-state index contributed by atoms with van der Waals surface area (Å²) in [5.74, 6) is 0.00533. The molecule has 0 spiro atoms. The second-order valence-electron chi connectivity index (χ2n) is 8.61. The molecular formula is C26H35N3O2. The van der Waals surface area contributed by atoms with Gasteiger partial charge in [-0.2, -0.15) is 0 Å². The maximum absolute atomic E-state index is 12.4. The van der Waals surface area contributed by atoms with Crippen molar-refractivity contribution in [3.63, 3.8) is 0 Å². The molecule has 5 nitrogen and oxygen atoms in total. The highest BCUT2D eigenvalue weighted by atomic mass is 16.2. The molecule has 0 aromatic heterocycles. The SMILES string of the molecule is Cc1cccc(N2CCN(CCCNC(=O)CCC(=O)c3cc(C)ccc3C)CC2)c1. The van der Waals surface area contributed by atoms with Crippen molar-refractivity contribution in [2.24, 2.45) is 0 Å². The lowest BCUT2D eigenvalue weighted by molar-refractivity contribution is -0.121. The Labute approximate surface area is 186 Å². The first-order valence-corrected chi connectivity index (χ1v) is 11.3. The van der Waals surface area contributed by atoms with Crippen LogP contribution < -0.4 is 10.2 Å². The van der Waals surface area contributed by atoms with Crippen LogP contribution in [0, 0.1) is 20.8 Å². The van der Waals surface area contributed by atoms with Gasteiger partial charge in [0.15, 0.2) is 5.78 Å². The summed E-state index contributed by atoms with van der Waals surface area (Å²) in [4.78, 5) is 29.4. The molecular weight excluding hydrogens is 386 g/mol. The first-order chi connectivity index (χ1) is 14.9.